The molecule has 0 saturated carbocycles. The number of amides is 2. The number of benzene rings is 2. The number of ether oxygens (including phenoxy) is 2. The van der Waals surface area contributed by atoms with Crippen LogP contribution in [-0.4, -0.2) is 71.3 Å². The van der Waals surface area contributed by atoms with Gasteiger partial charge in [0.2, 0.25) is 5.76 Å². The van der Waals surface area contributed by atoms with Crippen molar-refractivity contribution in [3.05, 3.63) is 71.7 Å². The molecule has 2 aliphatic heterocycles. The molecule has 0 aliphatic carbocycles. The first kappa shape index (κ1) is 26.9. The van der Waals surface area contributed by atoms with E-state index in [2.05, 4.69) is 11.2 Å². The number of carbonyl (C=O) groups is 2. The normalized spacial score (nSPS) is 20.8. The lowest BCUT2D eigenvalue weighted by atomic mass is 9.90. The van der Waals surface area contributed by atoms with Gasteiger partial charge in [-0.2, -0.15) is 0 Å². The number of aryl methyl sites for hydroxylation is 1. The van der Waals surface area contributed by atoms with E-state index in [0.29, 0.717) is 37.4 Å². The van der Waals surface area contributed by atoms with Gasteiger partial charge in [-0.1, -0.05) is 35.5 Å². The Kier molecular flexibility index (Phi) is 7.97. The van der Waals surface area contributed by atoms with Gasteiger partial charge in [-0.05, 0) is 63.3 Å². The van der Waals surface area contributed by atoms with Crippen molar-refractivity contribution in [2.75, 3.05) is 32.8 Å². The summed E-state index contributed by atoms with van der Waals surface area (Å²) < 4.78 is 31.4. The number of halogens is 1. The fourth-order valence-electron chi connectivity index (χ4n) is 5.35. The van der Waals surface area contributed by atoms with Gasteiger partial charge in [0, 0.05) is 24.2 Å². The van der Waals surface area contributed by atoms with E-state index in [1.165, 1.54) is 18.2 Å². The van der Waals surface area contributed by atoms with E-state index < -0.39 is 11.4 Å². The van der Waals surface area contributed by atoms with E-state index in [1.54, 1.807) is 21.9 Å². The number of carbonyl (C=O) groups excluding carboxylic acids is 2. The molecule has 1 saturated heterocycles. The van der Waals surface area contributed by atoms with Gasteiger partial charge in [-0.25, -0.2) is 4.39 Å². The predicted octanol–water partition coefficient (Wildman–Crippen LogP) is 4.73. The van der Waals surface area contributed by atoms with E-state index in [-0.39, 0.29) is 36.8 Å². The lowest BCUT2D eigenvalue weighted by molar-refractivity contribution is -0.172. The number of rotatable bonds is 3. The molecule has 2 aliphatic rings. The number of hydrogen-bond donors (Lipinski definition) is 0. The van der Waals surface area contributed by atoms with Gasteiger partial charge in [0.1, 0.15) is 23.9 Å². The van der Waals surface area contributed by atoms with Crippen molar-refractivity contribution in [2.24, 2.45) is 0 Å². The minimum Gasteiger partial charge on any atom is -0.491 e. The average molecular weight is 536 g/mol. The van der Waals surface area contributed by atoms with Crippen molar-refractivity contribution in [2.45, 2.75) is 51.2 Å². The van der Waals surface area contributed by atoms with Crippen LogP contribution in [0.1, 0.15) is 49.2 Å². The summed E-state index contributed by atoms with van der Waals surface area (Å²) in [6, 6.07) is 15.4. The zero-order valence-corrected chi connectivity index (χ0v) is 22.4. The van der Waals surface area contributed by atoms with Crippen LogP contribution in [0.3, 0.4) is 0 Å². The molecule has 9 heteroatoms. The van der Waals surface area contributed by atoms with Crippen molar-refractivity contribution >= 4 is 11.8 Å². The van der Waals surface area contributed by atoms with Crippen molar-refractivity contribution in [3.8, 4) is 17.0 Å². The molecule has 1 atom stereocenters. The maximum Gasteiger partial charge on any atom is 0.292 e. The highest BCUT2D eigenvalue weighted by Gasteiger charge is 2.47. The first-order valence-corrected chi connectivity index (χ1v) is 13.5. The van der Waals surface area contributed by atoms with Crippen LogP contribution in [0.4, 0.5) is 4.39 Å². The highest BCUT2D eigenvalue weighted by atomic mass is 19.1. The number of fused-ring (bicyclic) bond motifs is 1. The molecule has 2 aromatic carbocycles. The molecule has 1 spiro atoms. The predicted molar refractivity (Wildman–Crippen MR) is 143 cm³/mol. The van der Waals surface area contributed by atoms with E-state index in [1.807, 2.05) is 32.0 Å². The Hall–Kier alpha value is -3.72. The zero-order valence-electron chi connectivity index (χ0n) is 22.4. The Balaban J connectivity index is 1.38. The second-order valence-corrected chi connectivity index (χ2v) is 10.4. The third-order valence-corrected chi connectivity index (χ3v) is 7.43. The van der Waals surface area contributed by atoms with E-state index >= 15 is 0 Å². The second-order valence-electron chi connectivity index (χ2n) is 10.4. The Morgan fingerprint density at radius 3 is 2.72 bits per heavy atom. The number of nitrogens with zero attached hydrogens (tertiary/aromatic N) is 3. The summed E-state index contributed by atoms with van der Waals surface area (Å²) in [7, 11) is 0. The number of aromatic nitrogens is 1. The molecule has 1 aromatic heterocycles. The molecule has 0 radical (unpaired) electrons. The molecular weight excluding hydrogens is 501 g/mol. The Morgan fingerprint density at radius 1 is 1.05 bits per heavy atom. The number of morpholine rings is 1. The molecule has 5 rings (SSSR count). The average Bonchev–Trinajstić information content (AvgIpc) is 3.43. The van der Waals surface area contributed by atoms with Crippen molar-refractivity contribution < 1.29 is 28.0 Å². The van der Waals surface area contributed by atoms with E-state index in [4.69, 9.17) is 14.0 Å². The van der Waals surface area contributed by atoms with E-state index in [0.717, 1.165) is 30.6 Å². The van der Waals surface area contributed by atoms with Crippen LogP contribution in [0, 0.1) is 5.82 Å². The Bertz CT molecular complexity index is 1330. The minimum absolute atomic E-state index is 0.0395. The third-order valence-electron chi connectivity index (χ3n) is 7.43. The third kappa shape index (κ3) is 5.83. The Morgan fingerprint density at radius 2 is 1.90 bits per heavy atom. The highest BCUT2D eigenvalue weighted by Crippen LogP contribution is 2.31. The first-order chi connectivity index (χ1) is 18.9. The SMILES string of the molecule is CC(C)N1CCOc2ccccc2CCCCC2(CN(C(=O)c3cc(-c4cccc(F)c4)no3)CCO2)C1=O. The van der Waals surface area contributed by atoms with Crippen LogP contribution in [-0.2, 0) is 16.0 Å². The van der Waals surface area contributed by atoms with Crippen molar-refractivity contribution in [1.82, 2.24) is 15.0 Å². The standard InChI is InChI=1S/C30H34FN3O5/c1-21(2)34-15-16-37-26-12-4-3-8-22(26)9-5-6-13-30(29(34)36)20-33(14-17-38-30)28(35)27-19-25(32-39-27)23-10-7-11-24(31)18-23/h3-4,7-8,10-12,18-19,21H,5-6,9,13-17,20H2,1-2H3. The number of hydrogen-bond acceptors (Lipinski definition) is 6. The molecule has 206 valence electrons. The molecule has 0 N–H and O–H groups in total. The van der Waals surface area contributed by atoms with Crippen LogP contribution in [0.2, 0.25) is 0 Å². The summed E-state index contributed by atoms with van der Waals surface area (Å²) in [5, 5.41) is 3.98. The van der Waals surface area contributed by atoms with E-state index in [9.17, 15) is 14.0 Å². The molecular formula is C30H34FN3O5. The van der Waals surface area contributed by atoms with Gasteiger partial charge < -0.3 is 23.8 Å². The largest absolute Gasteiger partial charge is 0.491 e. The number of para-hydroxylation sites is 1. The van der Waals surface area contributed by atoms with Crippen LogP contribution < -0.4 is 4.74 Å². The Labute approximate surface area is 227 Å². The monoisotopic (exact) mass is 535 g/mol. The summed E-state index contributed by atoms with van der Waals surface area (Å²) in [6.07, 6.45) is 2.93. The molecule has 39 heavy (non-hydrogen) atoms. The minimum atomic E-state index is -1.16. The van der Waals surface area contributed by atoms with Crippen LogP contribution in [0.25, 0.3) is 11.3 Å². The zero-order chi connectivity index (χ0) is 27.4. The second kappa shape index (κ2) is 11.6. The molecule has 1 fully saturated rings. The molecule has 8 nitrogen and oxygen atoms in total. The fourth-order valence-corrected chi connectivity index (χ4v) is 5.35. The van der Waals surface area contributed by atoms with Crippen molar-refractivity contribution in [1.29, 1.82) is 0 Å². The van der Waals surface area contributed by atoms with Crippen LogP contribution in [0.15, 0.2) is 59.1 Å². The molecule has 3 heterocycles. The maximum atomic E-state index is 14.1. The molecule has 2 amide bonds. The fraction of sp³-hybridized carbons (Fsp3) is 0.433. The van der Waals surface area contributed by atoms with Gasteiger partial charge in [0.15, 0.2) is 5.60 Å². The molecule has 1 unspecified atom stereocenters. The van der Waals surface area contributed by atoms with Gasteiger partial charge >= 0.3 is 0 Å². The summed E-state index contributed by atoms with van der Waals surface area (Å²) in [5.74, 6) is -0.00868. The lowest BCUT2D eigenvalue weighted by Gasteiger charge is -2.44. The van der Waals surface area contributed by atoms with Crippen molar-refractivity contribution in [3.63, 3.8) is 0 Å². The smallest absolute Gasteiger partial charge is 0.292 e. The van der Waals surface area contributed by atoms with Gasteiger partial charge in [-0.3, -0.25) is 9.59 Å². The van der Waals surface area contributed by atoms with Crippen LogP contribution in [0.5, 0.6) is 5.75 Å². The molecule has 3 aromatic rings. The van der Waals surface area contributed by atoms with Gasteiger partial charge in [-0.15, -0.1) is 0 Å². The van der Waals surface area contributed by atoms with Crippen LogP contribution >= 0.6 is 0 Å². The quantitative estimate of drug-likeness (QED) is 0.482. The summed E-state index contributed by atoms with van der Waals surface area (Å²) in [5.41, 5.74) is 0.870. The van der Waals surface area contributed by atoms with Gasteiger partial charge in [0.25, 0.3) is 11.8 Å². The molecule has 0 bridgehead atoms. The summed E-state index contributed by atoms with van der Waals surface area (Å²) >= 11 is 0. The van der Waals surface area contributed by atoms with Gasteiger partial charge in [0.05, 0.1) is 19.7 Å². The topological polar surface area (TPSA) is 85.1 Å². The maximum absolute atomic E-state index is 14.1. The summed E-state index contributed by atoms with van der Waals surface area (Å²) in [4.78, 5) is 31.0. The first-order valence-electron chi connectivity index (χ1n) is 13.5. The lowest BCUT2D eigenvalue weighted by Crippen LogP contribution is -2.63. The highest BCUT2D eigenvalue weighted by molar-refractivity contribution is 5.94. The summed E-state index contributed by atoms with van der Waals surface area (Å²) in [6.45, 7) is 5.37.